The van der Waals surface area contributed by atoms with Gasteiger partial charge in [-0.3, -0.25) is 9.59 Å². The maximum atomic E-state index is 11.5. The highest BCUT2D eigenvalue weighted by Crippen LogP contribution is 2.10. The van der Waals surface area contributed by atoms with E-state index >= 15 is 0 Å². The van der Waals surface area contributed by atoms with E-state index in [2.05, 4.69) is 19.2 Å². The number of carbonyl (C=O) groups is 2. The lowest BCUT2D eigenvalue weighted by atomic mass is 10.0. The Bertz CT molecular complexity index is 272. The molecule has 0 unspecified atom stereocenters. The third kappa shape index (κ3) is 12.2. The van der Waals surface area contributed by atoms with E-state index in [9.17, 15) is 9.59 Å². The zero-order valence-corrected chi connectivity index (χ0v) is 13.8. The number of amides is 1. The second-order valence-corrected chi connectivity index (χ2v) is 6.44. The number of Topliss-reactive ketones (excluding diaryl/α,β-unsaturated/α-hetero) is 1. The normalized spacial score (nSPS) is 11.1. The summed E-state index contributed by atoms with van der Waals surface area (Å²) in [7, 11) is 0. The summed E-state index contributed by atoms with van der Waals surface area (Å²) in [6.07, 6.45) is 7.99. The minimum absolute atomic E-state index is 0.180. The molecular formula is C17H33NO2. The number of hydrogen-bond donors (Lipinski definition) is 1. The van der Waals surface area contributed by atoms with Crippen LogP contribution in [-0.4, -0.2) is 18.2 Å². The molecule has 0 aromatic heterocycles. The van der Waals surface area contributed by atoms with Gasteiger partial charge in [-0.05, 0) is 18.8 Å². The molecule has 0 atom stereocenters. The fourth-order valence-corrected chi connectivity index (χ4v) is 1.99. The molecule has 0 bridgehead atoms. The van der Waals surface area contributed by atoms with Crippen LogP contribution < -0.4 is 5.32 Å². The highest BCUT2D eigenvalue weighted by molar-refractivity contribution is 5.80. The van der Waals surface area contributed by atoms with Gasteiger partial charge in [0.05, 0.1) is 0 Å². The molecule has 0 fully saturated rings. The summed E-state index contributed by atoms with van der Waals surface area (Å²) in [5.41, 5.74) is 0. The maximum absolute atomic E-state index is 11.5. The molecule has 0 saturated carbocycles. The van der Waals surface area contributed by atoms with Crippen molar-refractivity contribution in [2.75, 3.05) is 6.54 Å². The molecule has 20 heavy (non-hydrogen) atoms. The maximum Gasteiger partial charge on any atom is 0.220 e. The monoisotopic (exact) mass is 283 g/mol. The van der Waals surface area contributed by atoms with E-state index in [1.807, 2.05) is 13.8 Å². The number of ketones is 1. The lowest BCUT2D eigenvalue weighted by Crippen LogP contribution is -2.26. The Labute approximate surface area is 124 Å². The van der Waals surface area contributed by atoms with Gasteiger partial charge < -0.3 is 5.32 Å². The van der Waals surface area contributed by atoms with Gasteiger partial charge in [-0.1, -0.05) is 53.4 Å². The Morgan fingerprint density at radius 3 is 1.80 bits per heavy atom. The SMILES string of the molecule is CC(C)CNC(=O)CCCCCCCCC(=O)C(C)C. The summed E-state index contributed by atoms with van der Waals surface area (Å²) in [6.45, 7) is 8.91. The molecule has 0 aliphatic carbocycles. The molecule has 0 spiro atoms. The zero-order chi connectivity index (χ0) is 15.4. The standard InChI is InChI=1S/C17H33NO2/c1-14(2)13-18-17(20)12-10-8-6-5-7-9-11-16(19)15(3)4/h14-15H,5-13H2,1-4H3,(H,18,20). The molecule has 0 heterocycles. The van der Waals surface area contributed by atoms with Crippen LogP contribution in [0.2, 0.25) is 0 Å². The fraction of sp³-hybridized carbons (Fsp3) is 0.882. The van der Waals surface area contributed by atoms with E-state index in [4.69, 9.17) is 0 Å². The van der Waals surface area contributed by atoms with Crippen molar-refractivity contribution in [2.45, 2.75) is 79.1 Å². The second-order valence-electron chi connectivity index (χ2n) is 6.44. The van der Waals surface area contributed by atoms with Crippen LogP contribution in [0.15, 0.2) is 0 Å². The van der Waals surface area contributed by atoms with E-state index in [1.165, 1.54) is 12.8 Å². The molecule has 118 valence electrons. The average Bonchev–Trinajstić information content (AvgIpc) is 2.38. The summed E-state index contributed by atoms with van der Waals surface area (Å²) in [5.74, 6) is 1.26. The number of carbonyl (C=O) groups excluding carboxylic acids is 2. The van der Waals surface area contributed by atoms with Crippen LogP contribution in [0, 0.1) is 11.8 Å². The van der Waals surface area contributed by atoms with E-state index in [-0.39, 0.29) is 11.8 Å². The molecule has 0 aliphatic heterocycles. The first-order valence-corrected chi connectivity index (χ1v) is 8.23. The van der Waals surface area contributed by atoms with Gasteiger partial charge in [0, 0.05) is 25.3 Å². The summed E-state index contributed by atoms with van der Waals surface area (Å²) >= 11 is 0. The van der Waals surface area contributed by atoms with Crippen molar-refractivity contribution in [3.63, 3.8) is 0 Å². The summed E-state index contributed by atoms with van der Waals surface area (Å²) in [5, 5.41) is 2.94. The first kappa shape index (κ1) is 19.1. The molecule has 0 rings (SSSR count). The predicted molar refractivity (Wildman–Crippen MR) is 84.6 cm³/mol. The van der Waals surface area contributed by atoms with Crippen LogP contribution in [0.5, 0.6) is 0 Å². The molecule has 0 aromatic rings. The molecule has 1 amide bonds. The number of hydrogen-bond acceptors (Lipinski definition) is 2. The Balaban J connectivity index is 3.28. The second kappa shape index (κ2) is 11.9. The molecule has 3 nitrogen and oxygen atoms in total. The molecular weight excluding hydrogens is 250 g/mol. The highest BCUT2D eigenvalue weighted by atomic mass is 16.1. The quantitative estimate of drug-likeness (QED) is 0.548. The van der Waals surface area contributed by atoms with Gasteiger partial charge in [-0.15, -0.1) is 0 Å². The Kier molecular flexibility index (Phi) is 11.4. The van der Waals surface area contributed by atoms with Gasteiger partial charge in [0.15, 0.2) is 0 Å². The number of rotatable bonds is 12. The van der Waals surface area contributed by atoms with Crippen molar-refractivity contribution < 1.29 is 9.59 Å². The largest absolute Gasteiger partial charge is 0.356 e. The Hall–Kier alpha value is -0.860. The molecule has 3 heteroatoms. The van der Waals surface area contributed by atoms with Crippen LogP contribution in [0.3, 0.4) is 0 Å². The summed E-state index contributed by atoms with van der Waals surface area (Å²) < 4.78 is 0. The van der Waals surface area contributed by atoms with Gasteiger partial charge in [0.25, 0.3) is 0 Å². The summed E-state index contributed by atoms with van der Waals surface area (Å²) in [4.78, 5) is 22.9. The first-order valence-electron chi connectivity index (χ1n) is 8.23. The van der Waals surface area contributed by atoms with Crippen LogP contribution in [-0.2, 0) is 9.59 Å². The van der Waals surface area contributed by atoms with E-state index in [0.29, 0.717) is 18.1 Å². The molecule has 0 radical (unpaired) electrons. The predicted octanol–water partition coefficient (Wildman–Crippen LogP) is 4.10. The van der Waals surface area contributed by atoms with Crippen LogP contribution in [0.25, 0.3) is 0 Å². The molecule has 0 aromatic carbocycles. The highest BCUT2D eigenvalue weighted by Gasteiger charge is 2.06. The van der Waals surface area contributed by atoms with Crippen molar-refractivity contribution in [3.8, 4) is 0 Å². The molecule has 1 N–H and O–H groups in total. The molecule has 0 aliphatic rings. The smallest absolute Gasteiger partial charge is 0.220 e. The van der Waals surface area contributed by atoms with Crippen LogP contribution >= 0.6 is 0 Å². The third-order valence-electron chi connectivity index (χ3n) is 3.43. The van der Waals surface area contributed by atoms with Gasteiger partial charge >= 0.3 is 0 Å². The van der Waals surface area contributed by atoms with Crippen molar-refractivity contribution in [1.29, 1.82) is 0 Å². The van der Waals surface area contributed by atoms with E-state index in [1.54, 1.807) is 0 Å². The minimum atomic E-state index is 0.180. The van der Waals surface area contributed by atoms with Crippen molar-refractivity contribution in [1.82, 2.24) is 5.32 Å². The lowest BCUT2D eigenvalue weighted by molar-refractivity contribution is -0.122. The van der Waals surface area contributed by atoms with Crippen molar-refractivity contribution in [3.05, 3.63) is 0 Å². The van der Waals surface area contributed by atoms with Crippen molar-refractivity contribution in [2.24, 2.45) is 11.8 Å². The number of nitrogens with one attached hydrogen (secondary N) is 1. The molecule has 0 saturated heterocycles. The minimum Gasteiger partial charge on any atom is -0.356 e. The number of unbranched alkanes of at least 4 members (excludes halogenated alkanes) is 5. The first-order chi connectivity index (χ1) is 9.43. The van der Waals surface area contributed by atoms with Gasteiger partial charge in [-0.2, -0.15) is 0 Å². The van der Waals surface area contributed by atoms with Crippen LogP contribution in [0.4, 0.5) is 0 Å². The third-order valence-corrected chi connectivity index (χ3v) is 3.43. The van der Waals surface area contributed by atoms with E-state index < -0.39 is 0 Å². The topological polar surface area (TPSA) is 46.2 Å². The lowest BCUT2D eigenvalue weighted by Gasteiger charge is -2.07. The van der Waals surface area contributed by atoms with Gasteiger partial charge in [-0.25, -0.2) is 0 Å². The van der Waals surface area contributed by atoms with Crippen LogP contribution in [0.1, 0.15) is 79.1 Å². The van der Waals surface area contributed by atoms with Gasteiger partial charge in [0.1, 0.15) is 5.78 Å². The fourth-order valence-electron chi connectivity index (χ4n) is 1.99. The zero-order valence-electron chi connectivity index (χ0n) is 13.8. The van der Waals surface area contributed by atoms with E-state index in [0.717, 1.165) is 38.6 Å². The Morgan fingerprint density at radius 2 is 1.30 bits per heavy atom. The van der Waals surface area contributed by atoms with Gasteiger partial charge in [0.2, 0.25) is 5.91 Å². The summed E-state index contributed by atoms with van der Waals surface area (Å²) in [6, 6.07) is 0. The average molecular weight is 283 g/mol. The Morgan fingerprint density at radius 1 is 0.800 bits per heavy atom. The van der Waals surface area contributed by atoms with Crippen molar-refractivity contribution >= 4 is 11.7 Å².